The summed E-state index contributed by atoms with van der Waals surface area (Å²) >= 11 is 3.37. The molecule has 3 heterocycles. The Bertz CT molecular complexity index is 1270. The summed E-state index contributed by atoms with van der Waals surface area (Å²) in [5, 5.41) is 24.2. The van der Waals surface area contributed by atoms with E-state index in [1.54, 1.807) is 7.11 Å². The number of rotatable bonds is 4. The van der Waals surface area contributed by atoms with Gasteiger partial charge in [0, 0.05) is 35.4 Å². The number of hydrogen-bond acceptors (Lipinski definition) is 9. The lowest BCUT2D eigenvalue weighted by Crippen LogP contribution is -2.75. The predicted octanol–water partition coefficient (Wildman–Crippen LogP) is 2.37. The molecule has 2 aromatic carbocycles. The second kappa shape index (κ2) is 7.05. The van der Waals surface area contributed by atoms with Crippen LogP contribution in [0.25, 0.3) is 10.8 Å². The number of alkyl halides is 1. The summed E-state index contributed by atoms with van der Waals surface area (Å²) in [7, 11) is 2.97. The first-order valence-electron chi connectivity index (χ1n) is 11.2. The van der Waals surface area contributed by atoms with E-state index < -0.39 is 29.4 Å². The van der Waals surface area contributed by atoms with Crippen LogP contribution in [0.15, 0.2) is 6.07 Å². The molecule has 5 atom stereocenters. The Balaban J connectivity index is 1.72. The van der Waals surface area contributed by atoms with Crippen molar-refractivity contribution in [3.8, 4) is 17.2 Å². The maximum absolute atomic E-state index is 12.9. The first-order chi connectivity index (χ1) is 16.2. The van der Waals surface area contributed by atoms with E-state index in [1.165, 1.54) is 7.11 Å². The number of carbonyl (C=O) groups excluding carboxylic acids is 1. The van der Waals surface area contributed by atoms with Gasteiger partial charge in [0.05, 0.1) is 24.6 Å². The number of ether oxygens (including phenoxy) is 5. The summed E-state index contributed by atoms with van der Waals surface area (Å²) in [6, 6.07) is 1.90. The van der Waals surface area contributed by atoms with Crippen LogP contribution in [0.5, 0.6) is 17.2 Å². The maximum atomic E-state index is 12.9. The normalized spacial score (nSPS) is 35.3. The van der Waals surface area contributed by atoms with Gasteiger partial charge in [-0.2, -0.15) is 0 Å². The zero-order valence-electron chi connectivity index (χ0n) is 19.1. The van der Waals surface area contributed by atoms with Crippen molar-refractivity contribution >= 4 is 32.5 Å². The van der Waals surface area contributed by atoms with E-state index in [9.17, 15) is 15.0 Å². The van der Waals surface area contributed by atoms with E-state index in [1.807, 2.05) is 13.0 Å². The third-order valence-electron chi connectivity index (χ3n) is 7.93. The van der Waals surface area contributed by atoms with Gasteiger partial charge < -0.3 is 39.6 Å². The van der Waals surface area contributed by atoms with Crippen molar-refractivity contribution in [1.82, 2.24) is 0 Å². The van der Waals surface area contributed by atoms with E-state index in [4.69, 9.17) is 29.4 Å². The molecule has 0 saturated carbocycles. The minimum atomic E-state index is -1.80. The summed E-state index contributed by atoms with van der Waals surface area (Å²) in [4.78, 5) is 12.9. The largest absolute Gasteiger partial charge is 0.506 e. The molecule has 3 unspecified atom stereocenters. The molecule has 34 heavy (non-hydrogen) atoms. The van der Waals surface area contributed by atoms with Crippen LogP contribution in [-0.4, -0.2) is 65.4 Å². The van der Waals surface area contributed by atoms with Crippen LogP contribution in [0.4, 0.5) is 0 Å². The molecular weight excluding hydrogens is 510 g/mol. The number of carbonyl (C=O) groups is 1. The summed E-state index contributed by atoms with van der Waals surface area (Å²) in [5.74, 6) is -2.74. The number of halogens is 1. The smallest absolute Gasteiger partial charge is 0.275 e. The van der Waals surface area contributed by atoms with Gasteiger partial charge in [0.2, 0.25) is 5.79 Å². The number of hydrogen-bond donors (Lipinski definition) is 3. The molecule has 2 fully saturated rings. The van der Waals surface area contributed by atoms with Crippen LogP contribution in [0, 0.1) is 6.92 Å². The highest BCUT2D eigenvalue weighted by molar-refractivity contribution is 9.09. The molecule has 2 bridgehead atoms. The molecule has 1 aliphatic carbocycles. The van der Waals surface area contributed by atoms with Crippen LogP contribution < -0.4 is 15.2 Å². The van der Waals surface area contributed by atoms with Crippen LogP contribution in [0.3, 0.4) is 0 Å². The molecular formula is C24H26BrNO8. The van der Waals surface area contributed by atoms with E-state index in [2.05, 4.69) is 15.9 Å². The average molecular weight is 536 g/mol. The molecule has 6 rings (SSSR count). The highest BCUT2D eigenvalue weighted by atomic mass is 79.9. The number of fused-ring (bicyclic) bond motifs is 6. The van der Waals surface area contributed by atoms with Crippen LogP contribution in [-0.2, 0) is 20.6 Å². The number of aromatic hydroxyl groups is 1. The monoisotopic (exact) mass is 535 g/mol. The maximum Gasteiger partial charge on any atom is 0.275 e. The summed E-state index contributed by atoms with van der Waals surface area (Å²) in [6.45, 7) is 1.78. The Labute approximate surface area is 204 Å². The molecule has 10 heteroatoms. The minimum Gasteiger partial charge on any atom is -0.506 e. The van der Waals surface area contributed by atoms with Crippen molar-refractivity contribution in [2.45, 2.75) is 55.6 Å². The molecule has 0 spiro atoms. The van der Waals surface area contributed by atoms with Crippen molar-refractivity contribution in [1.29, 1.82) is 0 Å². The Hall–Kier alpha value is -1.95. The quantitative estimate of drug-likeness (QED) is 0.505. The SMILES string of the molecule is COc1c2c(c(O)c3c4c(c(C)cc13)C1OC3(CN)OC1[C@@](OC)(O4)[C@@]3(O)CBr)C(=O)CCC2. The molecule has 0 radical (unpaired) electrons. The number of aliphatic hydroxyl groups is 1. The number of methoxy groups -OCH3 is 2. The van der Waals surface area contributed by atoms with Gasteiger partial charge in [-0.1, -0.05) is 15.9 Å². The van der Waals surface area contributed by atoms with Crippen molar-refractivity contribution in [2.24, 2.45) is 5.73 Å². The number of nitrogens with two attached hydrogens (primary N) is 1. The van der Waals surface area contributed by atoms with Gasteiger partial charge in [0.1, 0.15) is 23.4 Å². The molecule has 3 aliphatic heterocycles. The molecule has 9 nitrogen and oxygen atoms in total. The molecule has 4 N–H and O–H groups in total. The lowest BCUT2D eigenvalue weighted by molar-refractivity contribution is -0.342. The minimum absolute atomic E-state index is 0.00344. The average Bonchev–Trinajstić information content (AvgIpc) is 3.33. The van der Waals surface area contributed by atoms with Gasteiger partial charge in [-0.25, -0.2) is 0 Å². The molecule has 4 aliphatic rings. The third-order valence-corrected chi connectivity index (χ3v) is 8.74. The number of ketones is 1. The lowest BCUT2D eigenvalue weighted by Gasteiger charge is -2.53. The zero-order chi connectivity index (χ0) is 24.2. The number of Topliss-reactive ketones (excluding diaryl/α,β-unsaturated/α-hetero) is 1. The predicted molar refractivity (Wildman–Crippen MR) is 124 cm³/mol. The Morgan fingerprint density at radius 1 is 1.29 bits per heavy atom. The van der Waals surface area contributed by atoms with Gasteiger partial charge >= 0.3 is 0 Å². The fourth-order valence-corrected chi connectivity index (χ4v) is 7.19. The van der Waals surface area contributed by atoms with Gasteiger partial charge in [-0.15, -0.1) is 0 Å². The number of benzene rings is 2. The highest BCUT2D eigenvalue weighted by Gasteiger charge is 2.84. The lowest BCUT2D eigenvalue weighted by atomic mass is 9.76. The zero-order valence-corrected chi connectivity index (χ0v) is 20.7. The Morgan fingerprint density at radius 3 is 2.71 bits per heavy atom. The van der Waals surface area contributed by atoms with Gasteiger partial charge in [0.15, 0.2) is 17.5 Å². The second-order valence-corrected chi connectivity index (χ2v) is 9.93. The third kappa shape index (κ3) is 2.25. The van der Waals surface area contributed by atoms with Crippen LogP contribution in [0.1, 0.15) is 46.0 Å². The topological polar surface area (TPSA) is 130 Å². The van der Waals surface area contributed by atoms with Crippen LogP contribution >= 0.6 is 15.9 Å². The summed E-state index contributed by atoms with van der Waals surface area (Å²) in [6.07, 6.45) is 0.172. The highest BCUT2D eigenvalue weighted by Crippen LogP contribution is 2.66. The van der Waals surface area contributed by atoms with Crippen molar-refractivity contribution in [3.63, 3.8) is 0 Å². The molecule has 0 aromatic heterocycles. The van der Waals surface area contributed by atoms with Gasteiger partial charge in [0.25, 0.3) is 5.79 Å². The van der Waals surface area contributed by atoms with E-state index >= 15 is 0 Å². The van der Waals surface area contributed by atoms with Crippen molar-refractivity contribution in [2.75, 3.05) is 26.1 Å². The van der Waals surface area contributed by atoms with Gasteiger partial charge in [-0.05, 0) is 31.4 Å². The van der Waals surface area contributed by atoms with E-state index in [0.29, 0.717) is 46.9 Å². The first kappa shape index (κ1) is 22.5. The second-order valence-electron chi connectivity index (χ2n) is 9.37. The van der Waals surface area contributed by atoms with Crippen molar-refractivity contribution < 1.29 is 38.7 Å². The summed E-state index contributed by atoms with van der Waals surface area (Å²) in [5.41, 5.74) is 6.66. The Morgan fingerprint density at radius 2 is 2.06 bits per heavy atom. The fourth-order valence-electron chi connectivity index (χ4n) is 6.37. The molecule has 2 saturated heterocycles. The molecule has 2 aromatic rings. The van der Waals surface area contributed by atoms with E-state index in [-0.39, 0.29) is 34.7 Å². The fraction of sp³-hybridized carbons (Fsp3) is 0.542. The standard InChI is InChI=1S/C24H26BrNO8/c1-10-7-12-16(17(28)15-11(18(12)30-2)5-4-6-13(15)27)19-14(10)20-21-24(31-3,33-19)22(29,8-25)23(9-26,32-20)34-21/h7,20-21,28-29H,4-6,8-9,26H2,1-3H3/t20?,21?,22-,23?,24-/m1/s1. The van der Waals surface area contributed by atoms with Crippen LogP contribution in [0.2, 0.25) is 0 Å². The molecule has 0 amide bonds. The molecule has 182 valence electrons. The number of aryl methyl sites for hydroxylation is 1. The number of phenolic OH excluding ortho intramolecular Hbond substituents is 1. The van der Waals surface area contributed by atoms with E-state index in [0.717, 1.165) is 5.56 Å². The number of phenols is 1. The first-order valence-corrected chi connectivity index (χ1v) is 12.4. The van der Waals surface area contributed by atoms with Crippen molar-refractivity contribution in [3.05, 3.63) is 28.3 Å². The van der Waals surface area contributed by atoms with Gasteiger partial charge in [-0.3, -0.25) is 4.79 Å². The summed E-state index contributed by atoms with van der Waals surface area (Å²) < 4.78 is 30.7. The Kier molecular flexibility index (Phi) is 4.67.